The third kappa shape index (κ3) is 4.05. The number of hydrogen-bond donors (Lipinski definition) is 2. The molecular weight excluding hydrogens is 262 g/mol. The molecule has 4 heteroatoms. The number of nitrogens with zero attached hydrogens (tertiary/aromatic N) is 1. The number of aromatic nitrogens is 1. The highest BCUT2D eigenvalue weighted by atomic mass is 16.1. The minimum absolute atomic E-state index is 0.181. The van der Waals surface area contributed by atoms with Gasteiger partial charge in [0.15, 0.2) is 0 Å². The van der Waals surface area contributed by atoms with Gasteiger partial charge in [0.05, 0.1) is 0 Å². The number of benzene rings is 1. The molecule has 1 aromatic carbocycles. The number of pyridine rings is 1. The maximum absolute atomic E-state index is 11.5. The molecule has 0 fully saturated rings. The largest absolute Gasteiger partial charge is 0.381 e. The van der Waals surface area contributed by atoms with Crippen LogP contribution < -0.4 is 10.6 Å². The molecule has 0 bridgehead atoms. The minimum Gasteiger partial charge on any atom is -0.381 e. The van der Waals surface area contributed by atoms with Crippen molar-refractivity contribution in [2.75, 3.05) is 12.4 Å². The number of hydrogen-bond acceptors (Lipinski definition) is 3. The maximum atomic E-state index is 11.5. The summed E-state index contributed by atoms with van der Waals surface area (Å²) in [5, 5.41) is 5.88. The lowest BCUT2D eigenvalue weighted by Gasteiger charge is -2.09. The first kappa shape index (κ1) is 15.0. The van der Waals surface area contributed by atoms with E-state index in [9.17, 15) is 4.79 Å². The van der Waals surface area contributed by atoms with Crippen molar-refractivity contribution in [3.63, 3.8) is 0 Å². The van der Waals surface area contributed by atoms with Crippen molar-refractivity contribution in [1.82, 2.24) is 10.3 Å². The number of carbonyl (C=O) groups excluding carboxylic acids is 1. The van der Waals surface area contributed by atoms with Crippen molar-refractivity contribution in [2.45, 2.75) is 26.3 Å². The minimum atomic E-state index is -0.181. The van der Waals surface area contributed by atoms with E-state index in [2.05, 4.69) is 53.7 Å². The van der Waals surface area contributed by atoms with Crippen molar-refractivity contribution in [3.05, 3.63) is 59.4 Å². The van der Waals surface area contributed by atoms with E-state index < -0.39 is 0 Å². The molecule has 0 aliphatic rings. The first-order valence-corrected chi connectivity index (χ1v) is 7.11. The van der Waals surface area contributed by atoms with Crippen molar-refractivity contribution in [2.24, 2.45) is 0 Å². The Bertz CT molecular complexity index is 606. The van der Waals surface area contributed by atoms with Gasteiger partial charge in [0.1, 0.15) is 5.69 Å². The van der Waals surface area contributed by atoms with Gasteiger partial charge < -0.3 is 10.6 Å². The number of rotatable bonds is 5. The topological polar surface area (TPSA) is 54.0 Å². The zero-order valence-electron chi connectivity index (χ0n) is 12.7. The molecule has 0 aliphatic carbocycles. The van der Waals surface area contributed by atoms with Gasteiger partial charge in [-0.3, -0.25) is 9.78 Å². The van der Waals surface area contributed by atoms with E-state index in [0.717, 1.165) is 12.2 Å². The molecular formula is C17H21N3O. The summed E-state index contributed by atoms with van der Waals surface area (Å²) in [6.07, 6.45) is 1.63. The van der Waals surface area contributed by atoms with Gasteiger partial charge in [-0.25, -0.2) is 0 Å². The van der Waals surface area contributed by atoms with E-state index in [0.29, 0.717) is 11.6 Å². The van der Waals surface area contributed by atoms with E-state index in [-0.39, 0.29) is 5.91 Å². The second kappa shape index (κ2) is 6.88. The second-order valence-corrected chi connectivity index (χ2v) is 5.26. The summed E-state index contributed by atoms with van der Waals surface area (Å²) in [6, 6.07) is 12.2. The van der Waals surface area contributed by atoms with Gasteiger partial charge in [0.25, 0.3) is 5.91 Å². The summed E-state index contributed by atoms with van der Waals surface area (Å²) >= 11 is 0. The summed E-state index contributed by atoms with van der Waals surface area (Å²) in [6.45, 7) is 5.09. The Morgan fingerprint density at radius 2 is 1.90 bits per heavy atom. The predicted octanol–water partition coefficient (Wildman–Crippen LogP) is 3.18. The van der Waals surface area contributed by atoms with Gasteiger partial charge in [-0.1, -0.05) is 38.1 Å². The van der Waals surface area contributed by atoms with Crippen LogP contribution in [0.3, 0.4) is 0 Å². The van der Waals surface area contributed by atoms with Crippen LogP contribution in [0.5, 0.6) is 0 Å². The molecule has 2 N–H and O–H groups in total. The summed E-state index contributed by atoms with van der Waals surface area (Å²) in [5.41, 5.74) is 3.84. The Balaban J connectivity index is 2.01. The van der Waals surface area contributed by atoms with Gasteiger partial charge in [-0.05, 0) is 29.2 Å². The van der Waals surface area contributed by atoms with Crippen molar-refractivity contribution >= 4 is 11.6 Å². The third-order valence-corrected chi connectivity index (χ3v) is 3.36. The molecule has 1 aromatic heterocycles. The fourth-order valence-electron chi connectivity index (χ4n) is 2.02. The Morgan fingerprint density at radius 1 is 1.19 bits per heavy atom. The highest BCUT2D eigenvalue weighted by Gasteiger charge is 2.05. The van der Waals surface area contributed by atoms with Crippen LogP contribution in [0.2, 0.25) is 0 Å². The van der Waals surface area contributed by atoms with Gasteiger partial charge in [-0.2, -0.15) is 0 Å². The smallest absolute Gasteiger partial charge is 0.269 e. The molecule has 110 valence electrons. The zero-order chi connectivity index (χ0) is 15.2. The Morgan fingerprint density at radius 3 is 2.52 bits per heavy atom. The zero-order valence-corrected chi connectivity index (χ0v) is 12.7. The number of nitrogens with one attached hydrogen (secondary N) is 2. The van der Waals surface area contributed by atoms with E-state index in [4.69, 9.17) is 0 Å². The fraction of sp³-hybridized carbons (Fsp3) is 0.294. The number of carbonyl (C=O) groups is 1. The molecule has 2 rings (SSSR count). The van der Waals surface area contributed by atoms with Crippen molar-refractivity contribution < 1.29 is 4.79 Å². The van der Waals surface area contributed by atoms with Gasteiger partial charge >= 0.3 is 0 Å². The highest BCUT2D eigenvalue weighted by Crippen LogP contribution is 2.16. The lowest BCUT2D eigenvalue weighted by atomic mass is 10.0. The SMILES string of the molecule is CNC(=O)c1cc(NCc2ccc(C(C)C)cc2)ccn1. The van der Waals surface area contributed by atoms with Crippen LogP contribution in [0.4, 0.5) is 5.69 Å². The molecule has 0 spiro atoms. The van der Waals surface area contributed by atoms with Crippen LogP contribution in [0.25, 0.3) is 0 Å². The molecule has 4 nitrogen and oxygen atoms in total. The Kier molecular flexibility index (Phi) is 4.93. The molecule has 0 unspecified atom stereocenters. The Labute approximate surface area is 125 Å². The van der Waals surface area contributed by atoms with Crippen LogP contribution in [0.1, 0.15) is 41.4 Å². The average molecular weight is 283 g/mol. The van der Waals surface area contributed by atoms with Crippen molar-refractivity contribution in [1.29, 1.82) is 0 Å². The van der Waals surface area contributed by atoms with Crippen LogP contribution in [0, 0.1) is 0 Å². The van der Waals surface area contributed by atoms with Crippen molar-refractivity contribution in [3.8, 4) is 0 Å². The van der Waals surface area contributed by atoms with Gasteiger partial charge in [-0.15, -0.1) is 0 Å². The summed E-state index contributed by atoms with van der Waals surface area (Å²) in [5.74, 6) is 0.363. The molecule has 0 saturated heterocycles. The van der Waals surface area contributed by atoms with Crippen LogP contribution >= 0.6 is 0 Å². The molecule has 1 amide bonds. The van der Waals surface area contributed by atoms with E-state index >= 15 is 0 Å². The molecule has 21 heavy (non-hydrogen) atoms. The predicted molar refractivity (Wildman–Crippen MR) is 85.5 cm³/mol. The number of anilines is 1. The molecule has 0 saturated carbocycles. The van der Waals surface area contributed by atoms with Gasteiger partial charge in [0, 0.05) is 25.5 Å². The normalized spacial score (nSPS) is 10.5. The molecule has 0 atom stereocenters. The molecule has 2 aromatic rings. The molecule has 1 heterocycles. The summed E-state index contributed by atoms with van der Waals surface area (Å²) in [4.78, 5) is 15.6. The number of amides is 1. The van der Waals surface area contributed by atoms with Gasteiger partial charge in [0.2, 0.25) is 0 Å². The standard InChI is InChI=1S/C17H21N3O/c1-12(2)14-6-4-13(5-7-14)11-20-15-8-9-19-16(10-15)17(21)18-3/h4-10,12H,11H2,1-3H3,(H,18,21)(H,19,20). The van der Waals surface area contributed by atoms with E-state index in [1.165, 1.54) is 11.1 Å². The monoisotopic (exact) mass is 283 g/mol. The van der Waals surface area contributed by atoms with E-state index in [1.54, 1.807) is 19.3 Å². The quantitative estimate of drug-likeness (QED) is 0.886. The Hall–Kier alpha value is -2.36. The molecule has 0 radical (unpaired) electrons. The lowest BCUT2D eigenvalue weighted by molar-refractivity contribution is 0.0958. The summed E-state index contributed by atoms with van der Waals surface area (Å²) < 4.78 is 0. The highest BCUT2D eigenvalue weighted by molar-refractivity contribution is 5.92. The van der Waals surface area contributed by atoms with E-state index in [1.807, 2.05) is 6.07 Å². The second-order valence-electron chi connectivity index (χ2n) is 5.26. The first-order chi connectivity index (χ1) is 10.1. The maximum Gasteiger partial charge on any atom is 0.269 e. The first-order valence-electron chi connectivity index (χ1n) is 7.11. The fourth-order valence-corrected chi connectivity index (χ4v) is 2.02. The third-order valence-electron chi connectivity index (χ3n) is 3.36. The van der Waals surface area contributed by atoms with Crippen LogP contribution in [-0.4, -0.2) is 17.9 Å². The average Bonchev–Trinajstić information content (AvgIpc) is 2.52. The molecule has 0 aliphatic heterocycles. The lowest BCUT2D eigenvalue weighted by Crippen LogP contribution is -2.19. The summed E-state index contributed by atoms with van der Waals surface area (Å²) in [7, 11) is 1.60. The van der Waals surface area contributed by atoms with Crippen LogP contribution in [0.15, 0.2) is 42.6 Å². The van der Waals surface area contributed by atoms with Crippen LogP contribution in [-0.2, 0) is 6.54 Å².